The van der Waals surface area contributed by atoms with Gasteiger partial charge in [-0.1, -0.05) is 20.8 Å². The molecule has 0 saturated carbocycles. The van der Waals surface area contributed by atoms with E-state index in [1.54, 1.807) is 0 Å². The van der Waals surface area contributed by atoms with Gasteiger partial charge in [-0.05, 0) is 25.2 Å². The van der Waals surface area contributed by atoms with Crippen molar-refractivity contribution in [2.45, 2.75) is 59.1 Å². The van der Waals surface area contributed by atoms with Gasteiger partial charge in [-0.2, -0.15) is 0 Å². The number of aliphatic hydroxyl groups is 1. The van der Waals surface area contributed by atoms with Crippen LogP contribution in [0.25, 0.3) is 0 Å². The maximum Gasteiger partial charge on any atom is 0.220 e. The van der Waals surface area contributed by atoms with Crippen LogP contribution in [0.5, 0.6) is 0 Å². The minimum Gasteiger partial charge on any atom is -0.391 e. The van der Waals surface area contributed by atoms with Crippen LogP contribution in [0.15, 0.2) is 0 Å². The molecule has 0 rings (SSSR count). The van der Waals surface area contributed by atoms with Crippen molar-refractivity contribution >= 4 is 5.91 Å². The number of hydrogen-bond donors (Lipinski definition) is 3. The van der Waals surface area contributed by atoms with Gasteiger partial charge in [-0.3, -0.25) is 4.79 Å². The summed E-state index contributed by atoms with van der Waals surface area (Å²) in [5.74, 6) is -0.0368. The monoisotopic (exact) mass is 230 g/mol. The van der Waals surface area contributed by atoms with E-state index in [0.29, 0.717) is 25.8 Å². The normalized spacial score (nSPS) is 15.6. The van der Waals surface area contributed by atoms with Crippen LogP contribution in [0.3, 0.4) is 0 Å². The average molecular weight is 230 g/mol. The zero-order valence-corrected chi connectivity index (χ0v) is 10.9. The molecule has 16 heavy (non-hydrogen) atoms. The van der Waals surface area contributed by atoms with Gasteiger partial charge in [0.25, 0.3) is 0 Å². The lowest BCUT2D eigenvalue weighted by Crippen LogP contribution is -2.34. The van der Waals surface area contributed by atoms with Crippen molar-refractivity contribution < 1.29 is 9.90 Å². The summed E-state index contributed by atoms with van der Waals surface area (Å²) in [7, 11) is 0. The van der Waals surface area contributed by atoms with Crippen molar-refractivity contribution in [3.8, 4) is 0 Å². The third kappa shape index (κ3) is 9.93. The first-order valence-corrected chi connectivity index (χ1v) is 5.91. The minimum absolute atomic E-state index is 0.0368. The summed E-state index contributed by atoms with van der Waals surface area (Å²) in [5.41, 5.74) is 5.63. The Labute approximate surface area is 98.6 Å². The van der Waals surface area contributed by atoms with Gasteiger partial charge in [0.2, 0.25) is 5.91 Å². The van der Waals surface area contributed by atoms with Gasteiger partial charge in [0.15, 0.2) is 0 Å². The van der Waals surface area contributed by atoms with E-state index in [9.17, 15) is 9.90 Å². The first-order valence-electron chi connectivity index (χ1n) is 5.91. The number of rotatable bonds is 6. The number of nitrogens with two attached hydrogens (primary N) is 1. The smallest absolute Gasteiger partial charge is 0.220 e. The Morgan fingerprint density at radius 2 is 2.00 bits per heavy atom. The maximum atomic E-state index is 11.3. The molecule has 0 aromatic rings. The molecule has 0 spiro atoms. The van der Waals surface area contributed by atoms with Crippen molar-refractivity contribution in [3.63, 3.8) is 0 Å². The number of hydrogen-bond acceptors (Lipinski definition) is 3. The first-order chi connectivity index (χ1) is 7.20. The van der Waals surface area contributed by atoms with Crippen LogP contribution < -0.4 is 11.1 Å². The van der Waals surface area contributed by atoms with E-state index in [1.807, 2.05) is 6.92 Å². The highest BCUT2D eigenvalue weighted by Crippen LogP contribution is 2.20. The number of nitrogens with one attached hydrogen (secondary N) is 1. The highest BCUT2D eigenvalue weighted by molar-refractivity contribution is 5.75. The summed E-state index contributed by atoms with van der Waals surface area (Å²) in [5, 5.41) is 12.4. The SMILES string of the molecule is CC(N)CCC(=O)NCC(O)CC(C)(C)C. The topological polar surface area (TPSA) is 75.4 Å². The molecule has 0 aliphatic rings. The largest absolute Gasteiger partial charge is 0.391 e. The summed E-state index contributed by atoms with van der Waals surface area (Å²) in [6.45, 7) is 8.40. The molecular formula is C12H26N2O2. The summed E-state index contributed by atoms with van der Waals surface area (Å²) in [4.78, 5) is 11.3. The van der Waals surface area contributed by atoms with Crippen molar-refractivity contribution in [2.75, 3.05) is 6.54 Å². The zero-order valence-electron chi connectivity index (χ0n) is 10.9. The molecule has 0 heterocycles. The van der Waals surface area contributed by atoms with E-state index < -0.39 is 6.10 Å². The lowest BCUT2D eigenvalue weighted by Gasteiger charge is -2.22. The van der Waals surface area contributed by atoms with Crippen LogP contribution in [0, 0.1) is 5.41 Å². The Morgan fingerprint density at radius 3 is 2.44 bits per heavy atom. The number of amides is 1. The molecule has 0 aliphatic carbocycles. The van der Waals surface area contributed by atoms with Gasteiger partial charge < -0.3 is 16.2 Å². The molecular weight excluding hydrogens is 204 g/mol. The van der Waals surface area contributed by atoms with Crippen LogP contribution in [-0.4, -0.2) is 29.7 Å². The van der Waals surface area contributed by atoms with Gasteiger partial charge in [-0.15, -0.1) is 0 Å². The van der Waals surface area contributed by atoms with Crippen molar-refractivity contribution in [1.82, 2.24) is 5.32 Å². The molecule has 4 N–H and O–H groups in total. The van der Waals surface area contributed by atoms with Gasteiger partial charge in [0.05, 0.1) is 6.10 Å². The van der Waals surface area contributed by atoms with Crippen LogP contribution in [0.4, 0.5) is 0 Å². The molecule has 0 aliphatic heterocycles. The van der Waals surface area contributed by atoms with Gasteiger partial charge in [0.1, 0.15) is 0 Å². The van der Waals surface area contributed by atoms with E-state index >= 15 is 0 Å². The van der Waals surface area contributed by atoms with E-state index in [-0.39, 0.29) is 17.4 Å². The Balaban J connectivity index is 3.67. The summed E-state index contributed by atoms with van der Waals surface area (Å²) < 4.78 is 0. The van der Waals surface area contributed by atoms with E-state index in [0.717, 1.165) is 0 Å². The van der Waals surface area contributed by atoms with Gasteiger partial charge in [0, 0.05) is 19.0 Å². The third-order valence-corrected chi connectivity index (χ3v) is 2.21. The molecule has 0 bridgehead atoms. The summed E-state index contributed by atoms with van der Waals surface area (Å²) in [6.07, 6.45) is 1.32. The molecule has 0 radical (unpaired) electrons. The number of carbonyl (C=O) groups excluding carboxylic acids is 1. The molecule has 0 aromatic heterocycles. The second kappa shape index (κ2) is 6.86. The highest BCUT2D eigenvalue weighted by Gasteiger charge is 2.17. The van der Waals surface area contributed by atoms with Gasteiger partial charge >= 0.3 is 0 Å². The Bertz CT molecular complexity index is 210. The average Bonchev–Trinajstić information content (AvgIpc) is 2.08. The number of aliphatic hydroxyl groups excluding tert-OH is 1. The Hall–Kier alpha value is -0.610. The molecule has 0 saturated heterocycles. The quantitative estimate of drug-likeness (QED) is 0.638. The molecule has 2 unspecified atom stereocenters. The zero-order chi connectivity index (χ0) is 12.8. The van der Waals surface area contributed by atoms with Crippen LogP contribution in [0.1, 0.15) is 47.0 Å². The predicted molar refractivity (Wildman–Crippen MR) is 66.0 cm³/mol. The summed E-state index contributed by atoms with van der Waals surface area (Å²) in [6, 6.07) is 0.0465. The van der Waals surface area contributed by atoms with Crippen molar-refractivity contribution in [2.24, 2.45) is 11.1 Å². The second-order valence-corrected chi connectivity index (χ2v) is 5.74. The minimum atomic E-state index is -0.473. The molecule has 4 heteroatoms. The standard InChI is InChI=1S/C12H26N2O2/c1-9(13)5-6-11(16)14-8-10(15)7-12(2,3)4/h9-10,15H,5-8,13H2,1-4H3,(H,14,16). The Morgan fingerprint density at radius 1 is 1.44 bits per heavy atom. The maximum absolute atomic E-state index is 11.3. The molecule has 0 fully saturated rings. The van der Waals surface area contributed by atoms with Crippen molar-refractivity contribution in [1.29, 1.82) is 0 Å². The van der Waals surface area contributed by atoms with Crippen molar-refractivity contribution in [3.05, 3.63) is 0 Å². The fraction of sp³-hybridized carbons (Fsp3) is 0.917. The molecule has 4 nitrogen and oxygen atoms in total. The van der Waals surface area contributed by atoms with E-state index in [4.69, 9.17) is 5.73 Å². The highest BCUT2D eigenvalue weighted by atomic mass is 16.3. The number of carbonyl (C=O) groups is 1. The van der Waals surface area contributed by atoms with Crippen LogP contribution in [-0.2, 0) is 4.79 Å². The lowest BCUT2D eigenvalue weighted by molar-refractivity contribution is -0.121. The molecule has 0 aromatic carbocycles. The lowest BCUT2D eigenvalue weighted by atomic mass is 9.89. The fourth-order valence-corrected chi connectivity index (χ4v) is 1.46. The van der Waals surface area contributed by atoms with E-state index in [2.05, 4.69) is 26.1 Å². The predicted octanol–water partition coefficient (Wildman–Crippen LogP) is 1.03. The van der Waals surface area contributed by atoms with Crippen LogP contribution in [0.2, 0.25) is 0 Å². The molecule has 1 amide bonds. The van der Waals surface area contributed by atoms with Crippen LogP contribution >= 0.6 is 0 Å². The second-order valence-electron chi connectivity index (χ2n) is 5.74. The third-order valence-electron chi connectivity index (χ3n) is 2.21. The Kier molecular flexibility index (Phi) is 6.60. The fourth-order valence-electron chi connectivity index (χ4n) is 1.46. The molecule has 2 atom stereocenters. The summed E-state index contributed by atoms with van der Waals surface area (Å²) >= 11 is 0. The van der Waals surface area contributed by atoms with E-state index in [1.165, 1.54) is 0 Å². The van der Waals surface area contributed by atoms with Gasteiger partial charge in [-0.25, -0.2) is 0 Å². The molecule has 96 valence electrons. The first kappa shape index (κ1) is 15.4.